The summed E-state index contributed by atoms with van der Waals surface area (Å²) in [5, 5.41) is 0.360. The summed E-state index contributed by atoms with van der Waals surface area (Å²) in [6, 6.07) is 1.55. The molecular weight excluding hydrogens is 222 g/mol. The molecule has 3 N–H and O–H groups in total. The molecule has 4 nitrogen and oxygen atoms in total. The third-order valence-corrected chi connectivity index (χ3v) is 4.08. The number of hydrogen-bond acceptors (Lipinski definition) is 4. The van der Waals surface area contributed by atoms with Crippen molar-refractivity contribution in [3.63, 3.8) is 0 Å². The van der Waals surface area contributed by atoms with Gasteiger partial charge in [0.2, 0.25) is 0 Å². The third kappa shape index (κ3) is 2.86. The normalized spacial score (nSPS) is 20.9. The van der Waals surface area contributed by atoms with Gasteiger partial charge >= 0.3 is 0 Å². The summed E-state index contributed by atoms with van der Waals surface area (Å²) in [6.45, 7) is 0.535. The minimum atomic E-state index is -0.0559. The van der Waals surface area contributed by atoms with Gasteiger partial charge in [-0.15, -0.1) is 0 Å². The molecule has 1 aliphatic rings. The predicted molar refractivity (Wildman–Crippen MR) is 66.7 cm³/mol. The number of nitrogens with one attached hydrogen (secondary N) is 1. The first kappa shape index (κ1) is 11.7. The van der Waals surface area contributed by atoms with Crippen LogP contribution in [0.5, 0.6) is 0 Å². The Hall–Kier alpha value is -0.810. The van der Waals surface area contributed by atoms with Crippen molar-refractivity contribution in [1.82, 2.24) is 9.97 Å². The fourth-order valence-electron chi connectivity index (χ4n) is 1.91. The van der Waals surface area contributed by atoms with Crippen molar-refractivity contribution in [2.75, 3.05) is 12.3 Å². The SMILES string of the molecule is NCCc1cc(=O)[nH]c(C2CCCCS2)n1. The van der Waals surface area contributed by atoms with Gasteiger partial charge < -0.3 is 10.7 Å². The summed E-state index contributed by atoms with van der Waals surface area (Å²) in [6.07, 6.45) is 4.28. The summed E-state index contributed by atoms with van der Waals surface area (Å²) < 4.78 is 0. The van der Waals surface area contributed by atoms with Crippen LogP contribution in [0.15, 0.2) is 10.9 Å². The quantitative estimate of drug-likeness (QED) is 0.832. The Balaban J connectivity index is 2.21. The highest BCUT2D eigenvalue weighted by molar-refractivity contribution is 7.99. The Bertz CT molecular complexity index is 398. The van der Waals surface area contributed by atoms with Crippen molar-refractivity contribution in [2.24, 2.45) is 5.73 Å². The monoisotopic (exact) mass is 239 g/mol. The Morgan fingerprint density at radius 2 is 2.44 bits per heavy atom. The van der Waals surface area contributed by atoms with E-state index in [0.29, 0.717) is 18.2 Å². The van der Waals surface area contributed by atoms with E-state index < -0.39 is 0 Å². The Morgan fingerprint density at radius 3 is 3.12 bits per heavy atom. The topological polar surface area (TPSA) is 71.8 Å². The molecule has 5 heteroatoms. The zero-order valence-electron chi connectivity index (χ0n) is 9.24. The van der Waals surface area contributed by atoms with Gasteiger partial charge in [0.25, 0.3) is 5.56 Å². The second-order valence-electron chi connectivity index (χ2n) is 4.02. The summed E-state index contributed by atoms with van der Waals surface area (Å²) in [4.78, 5) is 18.8. The lowest BCUT2D eigenvalue weighted by Gasteiger charge is -2.20. The second kappa shape index (κ2) is 5.50. The largest absolute Gasteiger partial charge is 0.330 e. The van der Waals surface area contributed by atoms with E-state index in [0.717, 1.165) is 23.7 Å². The molecule has 0 aliphatic carbocycles. The van der Waals surface area contributed by atoms with Crippen LogP contribution < -0.4 is 11.3 Å². The van der Waals surface area contributed by atoms with Crippen LogP contribution in [0.2, 0.25) is 0 Å². The Kier molecular flexibility index (Phi) is 4.01. The van der Waals surface area contributed by atoms with E-state index in [1.54, 1.807) is 6.07 Å². The van der Waals surface area contributed by atoms with Gasteiger partial charge in [-0.1, -0.05) is 6.42 Å². The second-order valence-corrected chi connectivity index (χ2v) is 5.33. The summed E-state index contributed by atoms with van der Waals surface area (Å²) in [5.41, 5.74) is 6.24. The Morgan fingerprint density at radius 1 is 1.56 bits per heavy atom. The zero-order valence-corrected chi connectivity index (χ0v) is 10.1. The molecule has 1 saturated heterocycles. The summed E-state index contributed by atoms with van der Waals surface area (Å²) >= 11 is 1.89. The van der Waals surface area contributed by atoms with Crippen LogP contribution in [0.4, 0.5) is 0 Å². The molecule has 1 atom stereocenters. The molecule has 0 radical (unpaired) electrons. The molecule has 16 heavy (non-hydrogen) atoms. The number of aromatic nitrogens is 2. The first-order valence-electron chi connectivity index (χ1n) is 5.71. The van der Waals surface area contributed by atoms with E-state index in [4.69, 9.17) is 5.73 Å². The molecule has 0 aromatic carbocycles. The van der Waals surface area contributed by atoms with Crippen LogP contribution in [0.3, 0.4) is 0 Å². The number of nitrogens with two attached hydrogens (primary N) is 1. The zero-order chi connectivity index (χ0) is 11.4. The van der Waals surface area contributed by atoms with Crippen molar-refractivity contribution in [3.8, 4) is 0 Å². The highest BCUT2D eigenvalue weighted by atomic mass is 32.2. The van der Waals surface area contributed by atoms with Crippen molar-refractivity contribution in [2.45, 2.75) is 30.9 Å². The van der Waals surface area contributed by atoms with Gasteiger partial charge in [-0.3, -0.25) is 4.79 Å². The Labute approximate surface area is 99.0 Å². The average molecular weight is 239 g/mol. The molecule has 0 saturated carbocycles. The molecule has 0 amide bonds. The molecule has 0 bridgehead atoms. The molecule has 1 fully saturated rings. The number of rotatable bonds is 3. The van der Waals surface area contributed by atoms with E-state index in [1.807, 2.05) is 11.8 Å². The van der Waals surface area contributed by atoms with Crippen molar-refractivity contribution >= 4 is 11.8 Å². The maximum absolute atomic E-state index is 11.5. The number of nitrogens with zero attached hydrogens (tertiary/aromatic N) is 1. The predicted octanol–water partition coefficient (Wildman–Crippen LogP) is 1.23. The minimum Gasteiger partial charge on any atom is -0.330 e. The highest BCUT2D eigenvalue weighted by Crippen LogP contribution is 2.36. The molecule has 0 spiro atoms. The summed E-state index contributed by atoms with van der Waals surface area (Å²) in [7, 11) is 0. The van der Waals surface area contributed by atoms with E-state index in [-0.39, 0.29) is 5.56 Å². The van der Waals surface area contributed by atoms with E-state index in [2.05, 4.69) is 9.97 Å². The van der Waals surface area contributed by atoms with Gasteiger partial charge in [-0.05, 0) is 25.1 Å². The van der Waals surface area contributed by atoms with Crippen molar-refractivity contribution < 1.29 is 0 Å². The van der Waals surface area contributed by atoms with Crippen LogP contribution in [-0.2, 0) is 6.42 Å². The third-order valence-electron chi connectivity index (χ3n) is 2.70. The van der Waals surface area contributed by atoms with Gasteiger partial charge in [0.05, 0.1) is 5.25 Å². The van der Waals surface area contributed by atoms with Gasteiger partial charge in [-0.2, -0.15) is 11.8 Å². The molecule has 2 rings (SSSR count). The van der Waals surface area contributed by atoms with Gasteiger partial charge in [0.1, 0.15) is 5.82 Å². The van der Waals surface area contributed by atoms with Crippen LogP contribution >= 0.6 is 11.8 Å². The lowest BCUT2D eigenvalue weighted by atomic mass is 10.2. The van der Waals surface area contributed by atoms with Crippen molar-refractivity contribution in [3.05, 3.63) is 27.9 Å². The van der Waals surface area contributed by atoms with Gasteiger partial charge in [0, 0.05) is 18.2 Å². The van der Waals surface area contributed by atoms with Crippen LogP contribution in [-0.4, -0.2) is 22.3 Å². The highest BCUT2D eigenvalue weighted by Gasteiger charge is 2.18. The number of H-pyrrole nitrogens is 1. The number of thioether (sulfide) groups is 1. The van der Waals surface area contributed by atoms with E-state index in [9.17, 15) is 4.79 Å². The lowest BCUT2D eigenvalue weighted by Crippen LogP contribution is -2.17. The maximum atomic E-state index is 11.5. The van der Waals surface area contributed by atoms with Crippen LogP contribution in [0.1, 0.15) is 36.0 Å². The molecular formula is C11H17N3OS. The number of aromatic amines is 1. The van der Waals surface area contributed by atoms with Gasteiger partial charge in [0.15, 0.2) is 0 Å². The first-order valence-corrected chi connectivity index (χ1v) is 6.76. The molecule has 88 valence electrons. The minimum absolute atomic E-state index is 0.0559. The molecule has 2 heterocycles. The lowest BCUT2D eigenvalue weighted by molar-refractivity contribution is 0.655. The summed E-state index contributed by atoms with van der Waals surface area (Å²) in [5.74, 6) is 2.00. The molecule has 1 aromatic heterocycles. The van der Waals surface area contributed by atoms with Crippen LogP contribution in [0.25, 0.3) is 0 Å². The van der Waals surface area contributed by atoms with E-state index >= 15 is 0 Å². The maximum Gasteiger partial charge on any atom is 0.251 e. The van der Waals surface area contributed by atoms with Crippen LogP contribution in [0, 0.1) is 0 Å². The van der Waals surface area contributed by atoms with Gasteiger partial charge in [-0.25, -0.2) is 4.98 Å². The molecule has 1 unspecified atom stereocenters. The fraction of sp³-hybridized carbons (Fsp3) is 0.636. The van der Waals surface area contributed by atoms with Crippen molar-refractivity contribution in [1.29, 1.82) is 0 Å². The smallest absolute Gasteiger partial charge is 0.251 e. The number of hydrogen-bond donors (Lipinski definition) is 2. The molecule has 1 aromatic rings. The average Bonchev–Trinajstić information content (AvgIpc) is 2.30. The fourth-order valence-corrected chi connectivity index (χ4v) is 3.17. The first-order chi connectivity index (χ1) is 7.79. The standard InChI is InChI=1S/C11H17N3OS/c12-5-4-8-7-10(15)14-11(13-8)9-3-1-2-6-16-9/h7,9H,1-6,12H2,(H,13,14,15). The molecule has 1 aliphatic heterocycles. The van der Waals surface area contributed by atoms with E-state index in [1.165, 1.54) is 12.8 Å².